The standard InChI is InChI=1S/C11H17N3O2/c1-12-10(11(15)16)8-14-6-4-9-3-2-5-13-7-9/h2-3,5,7,10,12,14H,4,6,8H2,1H3,(H,15,16). The molecule has 0 bridgehead atoms. The lowest BCUT2D eigenvalue weighted by molar-refractivity contribution is -0.139. The zero-order valence-electron chi connectivity index (χ0n) is 9.31. The van der Waals surface area contributed by atoms with Crippen LogP contribution in [0.2, 0.25) is 0 Å². The molecule has 88 valence electrons. The summed E-state index contributed by atoms with van der Waals surface area (Å²) in [6.07, 6.45) is 4.40. The van der Waals surface area contributed by atoms with Gasteiger partial charge in [0.05, 0.1) is 0 Å². The molecular formula is C11H17N3O2. The summed E-state index contributed by atoms with van der Waals surface area (Å²) in [4.78, 5) is 14.7. The Balaban J connectivity index is 2.19. The lowest BCUT2D eigenvalue weighted by Gasteiger charge is -2.11. The summed E-state index contributed by atoms with van der Waals surface area (Å²) in [7, 11) is 1.64. The molecule has 5 heteroatoms. The molecule has 0 radical (unpaired) electrons. The summed E-state index contributed by atoms with van der Waals surface area (Å²) in [5, 5.41) is 14.6. The van der Waals surface area contributed by atoms with Crippen molar-refractivity contribution >= 4 is 5.97 Å². The van der Waals surface area contributed by atoms with Crippen molar-refractivity contribution < 1.29 is 9.90 Å². The number of aliphatic carboxylic acids is 1. The van der Waals surface area contributed by atoms with E-state index in [0.717, 1.165) is 18.5 Å². The highest BCUT2D eigenvalue weighted by atomic mass is 16.4. The van der Waals surface area contributed by atoms with Gasteiger partial charge in [0.2, 0.25) is 0 Å². The van der Waals surface area contributed by atoms with Gasteiger partial charge in [0.1, 0.15) is 6.04 Å². The molecule has 16 heavy (non-hydrogen) atoms. The molecule has 0 amide bonds. The molecule has 0 aliphatic heterocycles. The number of likely N-dealkylation sites (N-methyl/N-ethyl adjacent to an activating group) is 1. The molecule has 0 aliphatic rings. The second-order valence-electron chi connectivity index (χ2n) is 3.49. The van der Waals surface area contributed by atoms with Crippen LogP contribution in [0.1, 0.15) is 5.56 Å². The van der Waals surface area contributed by atoms with Crippen molar-refractivity contribution in [3.8, 4) is 0 Å². The van der Waals surface area contributed by atoms with Crippen molar-refractivity contribution in [1.82, 2.24) is 15.6 Å². The fraction of sp³-hybridized carbons (Fsp3) is 0.455. The van der Waals surface area contributed by atoms with Gasteiger partial charge in [-0.05, 0) is 31.6 Å². The summed E-state index contributed by atoms with van der Waals surface area (Å²) in [5.74, 6) is -0.837. The van der Waals surface area contributed by atoms with Crippen LogP contribution in [0.3, 0.4) is 0 Å². The average molecular weight is 223 g/mol. The molecule has 1 unspecified atom stereocenters. The first-order valence-corrected chi connectivity index (χ1v) is 5.23. The van der Waals surface area contributed by atoms with Crippen molar-refractivity contribution in [2.75, 3.05) is 20.1 Å². The Bertz CT molecular complexity index is 316. The number of aromatic nitrogens is 1. The predicted molar refractivity (Wildman–Crippen MR) is 61.3 cm³/mol. The molecule has 0 saturated carbocycles. The molecule has 0 aromatic carbocycles. The molecule has 1 atom stereocenters. The summed E-state index contributed by atoms with van der Waals surface area (Å²) in [6, 6.07) is 3.36. The molecule has 0 spiro atoms. The highest BCUT2D eigenvalue weighted by Crippen LogP contribution is 1.95. The first kappa shape index (κ1) is 12.6. The molecule has 1 aromatic rings. The van der Waals surface area contributed by atoms with Crippen LogP contribution in [0.5, 0.6) is 0 Å². The maximum atomic E-state index is 10.7. The SMILES string of the molecule is CNC(CNCCc1cccnc1)C(=O)O. The van der Waals surface area contributed by atoms with E-state index in [-0.39, 0.29) is 0 Å². The van der Waals surface area contributed by atoms with E-state index in [4.69, 9.17) is 5.11 Å². The van der Waals surface area contributed by atoms with E-state index in [2.05, 4.69) is 15.6 Å². The number of hydrogen-bond donors (Lipinski definition) is 3. The second-order valence-corrected chi connectivity index (χ2v) is 3.49. The smallest absolute Gasteiger partial charge is 0.322 e. The van der Waals surface area contributed by atoms with Crippen molar-refractivity contribution in [2.45, 2.75) is 12.5 Å². The second kappa shape index (κ2) is 6.92. The molecule has 0 fully saturated rings. The Labute approximate surface area is 94.9 Å². The molecule has 3 N–H and O–H groups in total. The summed E-state index contributed by atoms with van der Waals surface area (Å²) in [6.45, 7) is 1.17. The van der Waals surface area contributed by atoms with Crippen LogP contribution >= 0.6 is 0 Å². The maximum Gasteiger partial charge on any atom is 0.322 e. The van der Waals surface area contributed by atoms with E-state index in [1.54, 1.807) is 13.2 Å². The Morgan fingerprint density at radius 2 is 2.44 bits per heavy atom. The third kappa shape index (κ3) is 4.37. The minimum Gasteiger partial charge on any atom is -0.480 e. The minimum absolute atomic E-state index is 0.423. The quantitative estimate of drug-likeness (QED) is 0.562. The third-order valence-electron chi connectivity index (χ3n) is 2.31. The summed E-state index contributed by atoms with van der Waals surface area (Å²) in [5.41, 5.74) is 1.14. The topological polar surface area (TPSA) is 74.2 Å². The monoisotopic (exact) mass is 223 g/mol. The average Bonchev–Trinajstić information content (AvgIpc) is 2.30. The number of nitrogens with one attached hydrogen (secondary N) is 2. The lowest BCUT2D eigenvalue weighted by atomic mass is 10.2. The Morgan fingerprint density at radius 3 is 3.00 bits per heavy atom. The molecule has 1 heterocycles. The van der Waals surface area contributed by atoms with Gasteiger partial charge in [-0.3, -0.25) is 9.78 Å². The van der Waals surface area contributed by atoms with E-state index in [9.17, 15) is 4.79 Å². The zero-order valence-corrected chi connectivity index (χ0v) is 9.31. The van der Waals surface area contributed by atoms with Crippen molar-refractivity contribution in [3.05, 3.63) is 30.1 Å². The fourth-order valence-corrected chi connectivity index (χ4v) is 1.34. The molecule has 0 saturated heterocycles. The van der Waals surface area contributed by atoms with Crippen LogP contribution in [-0.2, 0) is 11.2 Å². The van der Waals surface area contributed by atoms with Crippen LogP contribution in [0.4, 0.5) is 0 Å². The summed E-state index contributed by atoms with van der Waals surface area (Å²) >= 11 is 0. The van der Waals surface area contributed by atoms with Crippen LogP contribution < -0.4 is 10.6 Å². The molecule has 5 nitrogen and oxygen atoms in total. The Hall–Kier alpha value is -1.46. The molecule has 1 aromatic heterocycles. The fourth-order valence-electron chi connectivity index (χ4n) is 1.34. The minimum atomic E-state index is -0.837. The van der Waals surface area contributed by atoms with E-state index in [1.807, 2.05) is 18.3 Å². The van der Waals surface area contributed by atoms with Gasteiger partial charge in [0, 0.05) is 18.9 Å². The van der Waals surface area contributed by atoms with Crippen molar-refractivity contribution in [3.63, 3.8) is 0 Å². The number of rotatable bonds is 7. The lowest BCUT2D eigenvalue weighted by Crippen LogP contribution is -2.43. The van der Waals surface area contributed by atoms with E-state index in [0.29, 0.717) is 6.54 Å². The normalized spacial score (nSPS) is 12.3. The van der Waals surface area contributed by atoms with E-state index >= 15 is 0 Å². The third-order valence-corrected chi connectivity index (χ3v) is 2.31. The number of pyridine rings is 1. The first-order valence-electron chi connectivity index (χ1n) is 5.23. The van der Waals surface area contributed by atoms with Gasteiger partial charge in [-0.25, -0.2) is 0 Å². The van der Waals surface area contributed by atoms with Crippen molar-refractivity contribution in [1.29, 1.82) is 0 Å². The number of carbonyl (C=O) groups is 1. The van der Waals surface area contributed by atoms with Crippen molar-refractivity contribution in [2.24, 2.45) is 0 Å². The summed E-state index contributed by atoms with van der Waals surface area (Å²) < 4.78 is 0. The Kier molecular flexibility index (Phi) is 5.45. The van der Waals surface area contributed by atoms with Gasteiger partial charge in [-0.2, -0.15) is 0 Å². The van der Waals surface area contributed by atoms with Crippen LogP contribution in [0.25, 0.3) is 0 Å². The molecule has 0 aliphatic carbocycles. The van der Waals surface area contributed by atoms with Gasteiger partial charge in [-0.1, -0.05) is 6.07 Å². The number of carboxylic acids is 1. The van der Waals surface area contributed by atoms with Gasteiger partial charge in [0.15, 0.2) is 0 Å². The van der Waals surface area contributed by atoms with Gasteiger partial charge in [0.25, 0.3) is 0 Å². The number of nitrogens with zero attached hydrogens (tertiary/aromatic N) is 1. The first-order chi connectivity index (χ1) is 7.74. The van der Waals surface area contributed by atoms with E-state index in [1.165, 1.54) is 0 Å². The number of carboxylic acid groups (broad SMARTS) is 1. The van der Waals surface area contributed by atoms with Crippen LogP contribution in [-0.4, -0.2) is 42.2 Å². The predicted octanol–water partition coefficient (Wildman–Crippen LogP) is -0.114. The van der Waals surface area contributed by atoms with Gasteiger partial charge >= 0.3 is 5.97 Å². The van der Waals surface area contributed by atoms with E-state index < -0.39 is 12.0 Å². The number of hydrogen-bond acceptors (Lipinski definition) is 4. The largest absolute Gasteiger partial charge is 0.480 e. The van der Waals surface area contributed by atoms with Crippen LogP contribution in [0, 0.1) is 0 Å². The highest BCUT2D eigenvalue weighted by Gasteiger charge is 2.13. The zero-order chi connectivity index (χ0) is 11.8. The highest BCUT2D eigenvalue weighted by molar-refractivity contribution is 5.73. The van der Waals surface area contributed by atoms with Gasteiger partial charge < -0.3 is 15.7 Å². The van der Waals surface area contributed by atoms with Gasteiger partial charge in [-0.15, -0.1) is 0 Å². The maximum absolute atomic E-state index is 10.7. The molecular weight excluding hydrogens is 206 g/mol. The van der Waals surface area contributed by atoms with Crippen LogP contribution in [0.15, 0.2) is 24.5 Å². The molecule has 1 rings (SSSR count). The Morgan fingerprint density at radius 1 is 1.62 bits per heavy atom.